The Labute approximate surface area is 122 Å². The van der Waals surface area contributed by atoms with Crippen LogP contribution < -0.4 is 0 Å². The molecule has 1 aromatic rings. The molecule has 0 spiro atoms. The van der Waals surface area contributed by atoms with Gasteiger partial charge in [-0.1, -0.05) is 52.0 Å². The zero-order valence-electron chi connectivity index (χ0n) is 13.1. The standard InChI is InChI=1S/C17H27NO2/c1-5-11-18(13-16(19)20)12-10-14-6-8-15(9-7-14)17(2,3)4/h6-9H,5,10-13H2,1-4H3,(H,19,20). The third kappa shape index (κ3) is 5.74. The van der Waals surface area contributed by atoms with Crippen molar-refractivity contribution in [2.75, 3.05) is 19.6 Å². The van der Waals surface area contributed by atoms with Crippen molar-refractivity contribution in [2.45, 2.75) is 46.0 Å². The number of carboxylic acid groups (broad SMARTS) is 1. The van der Waals surface area contributed by atoms with Crippen molar-refractivity contribution >= 4 is 5.97 Å². The summed E-state index contributed by atoms with van der Waals surface area (Å²) in [5, 5.41) is 8.89. The molecule has 0 amide bonds. The second-order valence-electron chi connectivity index (χ2n) is 6.37. The summed E-state index contributed by atoms with van der Waals surface area (Å²) in [7, 11) is 0. The molecule has 0 heterocycles. The first-order valence-corrected chi connectivity index (χ1v) is 7.36. The number of nitrogens with zero attached hydrogens (tertiary/aromatic N) is 1. The average Bonchev–Trinajstić information content (AvgIpc) is 2.35. The summed E-state index contributed by atoms with van der Waals surface area (Å²) in [6.45, 7) is 10.5. The Morgan fingerprint density at radius 3 is 2.20 bits per heavy atom. The minimum atomic E-state index is -0.749. The molecule has 0 radical (unpaired) electrons. The fraction of sp³-hybridized carbons (Fsp3) is 0.588. The predicted molar refractivity (Wildman–Crippen MR) is 83.2 cm³/mol. The van der Waals surface area contributed by atoms with E-state index in [2.05, 4.69) is 52.0 Å². The Balaban J connectivity index is 2.57. The van der Waals surface area contributed by atoms with Crippen molar-refractivity contribution < 1.29 is 9.90 Å². The number of benzene rings is 1. The summed E-state index contributed by atoms with van der Waals surface area (Å²) >= 11 is 0. The van der Waals surface area contributed by atoms with Crippen LogP contribution in [0, 0.1) is 0 Å². The Morgan fingerprint density at radius 1 is 1.15 bits per heavy atom. The normalized spacial score (nSPS) is 11.8. The van der Waals surface area contributed by atoms with Crippen molar-refractivity contribution in [3.8, 4) is 0 Å². The lowest BCUT2D eigenvalue weighted by Crippen LogP contribution is -2.32. The summed E-state index contributed by atoms with van der Waals surface area (Å²) in [5.41, 5.74) is 2.78. The maximum Gasteiger partial charge on any atom is 0.317 e. The SMILES string of the molecule is CCCN(CCc1ccc(C(C)(C)C)cc1)CC(=O)O. The third-order valence-electron chi connectivity index (χ3n) is 3.44. The van der Waals surface area contributed by atoms with E-state index in [9.17, 15) is 4.79 Å². The zero-order chi connectivity index (χ0) is 15.2. The fourth-order valence-corrected chi connectivity index (χ4v) is 2.24. The molecule has 1 rings (SSSR count). The van der Waals surface area contributed by atoms with E-state index < -0.39 is 5.97 Å². The summed E-state index contributed by atoms with van der Waals surface area (Å²) in [6, 6.07) is 8.67. The summed E-state index contributed by atoms with van der Waals surface area (Å²) in [4.78, 5) is 12.8. The molecule has 112 valence electrons. The third-order valence-corrected chi connectivity index (χ3v) is 3.44. The van der Waals surface area contributed by atoms with Gasteiger partial charge in [0.25, 0.3) is 0 Å². The van der Waals surface area contributed by atoms with Crippen molar-refractivity contribution in [2.24, 2.45) is 0 Å². The van der Waals surface area contributed by atoms with E-state index in [0.717, 1.165) is 25.9 Å². The minimum absolute atomic E-state index is 0.133. The average molecular weight is 277 g/mol. The van der Waals surface area contributed by atoms with Gasteiger partial charge in [0.05, 0.1) is 6.54 Å². The maximum absolute atomic E-state index is 10.8. The quantitative estimate of drug-likeness (QED) is 0.831. The number of carbonyl (C=O) groups is 1. The lowest BCUT2D eigenvalue weighted by Gasteiger charge is -2.21. The van der Waals surface area contributed by atoms with Crippen LogP contribution in [0.1, 0.15) is 45.2 Å². The topological polar surface area (TPSA) is 40.5 Å². The second-order valence-corrected chi connectivity index (χ2v) is 6.37. The summed E-state index contributed by atoms with van der Waals surface area (Å²) in [6.07, 6.45) is 1.88. The number of rotatable bonds is 7. The zero-order valence-corrected chi connectivity index (χ0v) is 13.1. The first-order valence-electron chi connectivity index (χ1n) is 7.36. The first kappa shape index (κ1) is 16.7. The molecule has 0 aliphatic rings. The molecule has 0 atom stereocenters. The van der Waals surface area contributed by atoms with Gasteiger partial charge in [-0.2, -0.15) is 0 Å². The van der Waals surface area contributed by atoms with E-state index in [4.69, 9.17) is 5.11 Å². The van der Waals surface area contributed by atoms with Gasteiger partial charge in [-0.05, 0) is 35.9 Å². The second kappa shape index (κ2) is 7.44. The highest BCUT2D eigenvalue weighted by Crippen LogP contribution is 2.22. The molecule has 0 unspecified atom stereocenters. The van der Waals surface area contributed by atoms with Crippen LogP contribution in [-0.2, 0) is 16.6 Å². The van der Waals surface area contributed by atoms with Crippen LogP contribution in [-0.4, -0.2) is 35.6 Å². The Bertz CT molecular complexity index is 418. The van der Waals surface area contributed by atoms with Gasteiger partial charge < -0.3 is 5.11 Å². The van der Waals surface area contributed by atoms with Gasteiger partial charge in [-0.3, -0.25) is 9.69 Å². The van der Waals surface area contributed by atoms with E-state index in [1.165, 1.54) is 11.1 Å². The number of aliphatic carboxylic acids is 1. The summed E-state index contributed by atoms with van der Waals surface area (Å²) < 4.78 is 0. The minimum Gasteiger partial charge on any atom is -0.480 e. The highest BCUT2D eigenvalue weighted by atomic mass is 16.4. The molecule has 3 heteroatoms. The van der Waals surface area contributed by atoms with Crippen LogP contribution in [0.15, 0.2) is 24.3 Å². The molecule has 20 heavy (non-hydrogen) atoms. The van der Waals surface area contributed by atoms with Gasteiger partial charge in [0.2, 0.25) is 0 Å². The van der Waals surface area contributed by atoms with Gasteiger partial charge in [0, 0.05) is 6.54 Å². The number of carboxylic acids is 1. The molecule has 0 aromatic heterocycles. The van der Waals surface area contributed by atoms with Crippen LogP contribution >= 0.6 is 0 Å². The van der Waals surface area contributed by atoms with Crippen LogP contribution in [0.25, 0.3) is 0 Å². The molecule has 3 nitrogen and oxygen atoms in total. The Kier molecular flexibility index (Phi) is 6.21. The van der Waals surface area contributed by atoms with E-state index in [0.29, 0.717) is 0 Å². The lowest BCUT2D eigenvalue weighted by molar-refractivity contribution is -0.138. The van der Waals surface area contributed by atoms with Crippen LogP contribution in [0.4, 0.5) is 0 Å². The van der Waals surface area contributed by atoms with Crippen LogP contribution in [0.2, 0.25) is 0 Å². The highest BCUT2D eigenvalue weighted by Gasteiger charge is 2.13. The van der Waals surface area contributed by atoms with E-state index in [-0.39, 0.29) is 12.0 Å². The van der Waals surface area contributed by atoms with Crippen LogP contribution in [0.3, 0.4) is 0 Å². The van der Waals surface area contributed by atoms with Crippen molar-refractivity contribution in [3.63, 3.8) is 0 Å². The van der Waals surface area contributed by atoms with Crippen LogP contribution in [0.5, 0.6) is 0 Å². The largest absolute Gasteiger partial charge is 0.480 e. The Morgan fingerprint density at radius 2 is 1.75 bits per heavy atom. The maximum atomic E-state index is 10.8. The van der Waals surface area contributed by atoms with E-state index in [1.807, 2.05) is 4.90 Å². The number of hydrogen-bond donors (Lipinski definition) is 1. The monoisotopic (exact) mass is 277 g/mol. The molecule has 1 aromatic carbocycles. The van der Waals surface area contributed by atoms with E-state index >= 15 is 0 Å². The predicted octanol–water partition coefficient (Wildman–Crippen LogP) is 3.32. The van der Waals surface area contributed by atoms with Gasteiger partial charge in [0.1, 0.15) is 0 Å². The molecule has 0 saturated carbocycles. The molecule has 0 aliphatic carbocycles. The fourth-order valence-electron chi connectivity index (χ4n) is 2.24. The summed E-state index contributed by atoms with van der Waals surface area (Å²) in [5.74, 6) is -0.749. The van der Waals surface area contributed by atoms with Gasteiger partial charge in [-0.25, -0.2) is 0 Å². The molecule has 0 aliphatic heterocycles. The Hall–Kier alpha value is -1.35. The molecular formula is C17H27NO2. The van der Waals surface area contributed by atoms with Crippen molar-refractivity contribution in [3.05, 3.63) is 35.4 Å². The molecular weight excluding hydrogens is 250 g/mol. The highest BCUT2D eigenvalue weighted by molar-refractivity contribution is 5.69. The van der Waals surface area contributed by atoms with Crippen molar-refractivity contribution in [1.29, 1.82) is 0 Å². The molecule has 0 fully saturated rings. The van der Waals surface area contributed by atoms with Gasteiger partial charge in [-0.15, -0.1) is 0 Å². The first-order chi connectivity index (χ1) is 9.32. The smallest absolute Gasteiger partial charge is 0.317 e. The van der Waals surface area contributed by atoms with E-state index in [1.54, 1.807) is 0 Å². The molecule has 1 N–H and O–H groups in total. The number of hydrogen-bond acceptors (Lipinski definition) is 2. The molecule has 0 bridgehead atoms. The molecule has 0 saturated heterocycles. The van der Waals surface area contributed by atoms with Gasteiger partial charge >= 0.3 is 5.97 Å². The van der Waals surface area contributed by atoms with Gasteiger partial charge in [0.15, 0.2) is 0 Å². The van der Waals surface area contributed by atoms with Crippen molar-refractivity contribution in [1.82, 2.24) is 4.90 Å². The lowest BCUT2D eigenvalue weighted by atomic mass is 9.86.